The van der Waals surface area contributed by atoms with Crippen LogP contribution >= 0.6 is 0 Å². The molecule has 4 rings (SSSR count). The third-order valence-electron chi connectivity index (χ3n) is 5.70. The lowest BCUT2D eigenvalue weighted by molar-refractivity contribution is -0.142. The van der Waals surface area contributed by atoms with Crippen molar-refractivity contribution in [3.8, 4) is 5.75 Å². The first-order valence-electron chi connectivity index (χ1n) is 9.56. The Labute approximate surface area is 154 Å². The van der Waals surface area contributed by atoms with Gasteiger partial charge in [0, 0.05) is 37.8 Å². The SMILES string of the molecule is CN(C)c1ccc2c(c1)[C@H]1C[C@H](CC(=O)NCC3CC3)O[C@@H](CO)[C@H]1O2. The first-order chi connectivity index (χ1) is 12.5. The maximum absolute atomic E-state index is 12.2. The predicted octanol–water partition coefficient (Wildman–Crippen LogP) is 1.66. The Morgan fingerprint density at radius 3 is 2.85 bits per heavy atom. The lowest BCUT2D eigenvalue weighted by atomic mass is 9.84. The number of aliphatic hydroxyl groups excluding tert-OH is 1. The summed E-state index contributed by atoms with van der Waals surface area (Å²) in [6.07, 6.45) is 2.75. The molecule has 3 aliphatic rings. The molecule has 2 fully saturated rings. The third kappa shape index (κ3) is 3.53. The van der Waals surface area contributed by atoms with Crippen molar-refractivity contribution in [3.63, 3.8) is 0 Å². The van der Waals surface area contributed by atoms with E-state index in [1.807, 2.05) is 26.2 Å². The molecule has 0 radical (unpaired) electrons. The fourth-order valence-corrected chi connectivity index (χ4v) is 4.01. The van der Waals surface area contributed by atoms with Gasteiger partial charge in [-0.25, -0.2) is 0 Å². The quantitative estimate of drug-likeness (QED) is 0.807. The molecule has 142 valence electrons. The van der Waals surface area contributed by atoms with Gasteiger partial charge in [-0.2, -0.15) is 0 Å². The van der Waals surface area contributed by atoms with E-state index in [1.54, 1.807) is 0 Å². The first-order valence-corrected chi connectivity index (χ1v) is 9.56. The summed E-state index contributed by atoms with van der Waals surface area (Å²) in [5.74, 6) is 1.72. The second-order valence-electron chi connectivity index (χ2n) is 7.97. The summed E-state index contributed by atoms with van der Waals surface area (Å²) in [4.78, 5) is 14.3. The minimum Gasteiger partial charge on any atom is -0.487 e. The van der Waals surface area contributed by atoms with Crippen molar-refractivity contribution in [2.75, 3.05) is 32.1 Å². The fourth-order valence-electron chi connectivity index (χ4n) is 4.01. The number of aliphatic hydroxyl groups is 1. The number of hydrogen-bond donors (Lipinski definition) is 2. The zero-order chi connectivity index (χ0) is 18.3. The lowest BCUT2D eigenvalue weighted by Gasteiger charge is -2.37. The lowest BCUT2D eigenvalue weighted by Crippen LogP contribution is -2.47. The van der Waals surface area contributed by atoms with Gasteiger partial charge in [0.2, 0.25) is 5.91 Å². The van der Waals surface area contributed by atoms with Gasteiger partial charge in [0.25, 0.3) is 0 Å². The monoisotopic (exact) mass is 360 g/mol. The van der Waals surface area contributed by atoms with Crippen LogP contribution in [0, 0.1) is 5.92 Å². The number of benzene rings is 1. The smallest absolute Gasteiger partial charge is 0.222 e. The van der Waals surface area contributed by atoms with Crippen LogP contribution in [-0.2, 0) is 9.53 Å². The van der Waals surface area contributed by atoms with Crippen molar-refractivity contribution >= 4 is 11.6 Å². The number of anilines is 1. The van der Waals surface area contributed by atoms with Crippen molar-refractivity contribution in [1.29, 1.82) is 0 Å². The number of nitrogens with zero attached hydrogens (tertiary/aromatic N) is 1. The number of hydrogen-bond acceptors (Lipinski definition) is 5. The first kappa shape index (κ1) is 17.6. The zero-order valence-corrected chi connectivity index (χ0v) is 15.5. The molecule has 0 bridgehead atoms. The highest BCUT2D eigenvalue weighted by Crippen LogP contribution is 2.47. The summed E-state index contributed by atoms with van der Waals surface area (Å²) in [6.45, 7) is 0.676. The molecule has 26 heavy (non-hydrogen) atoms. The van der Waals surface area contributed by atoms with Crippen LogP contribution in [0.1, 0.15) is 37.2 Å². The average Bonchev–Trinajstić information content (AvgIpc) is 3.39. The van der Waals surface area contributed by atoms with Crippen molar-refractivity contribution in [1.82, 2.24) is 5.32 Å². The molecule has 2 aliphatic heterocycles. The Morgan fingerprint density at radius 1 is 1.35 bits per heavy atom. The number of rotatable bonds is 6. The number of nitrogens with one attached hydrogen (secondary N) is 1. The maximum atomic E-state index is 12.2. The fraction of sp³-hybridized carbons (Fsp3) is 0.650. The van der Waals surface area contributed by atoms with E-state index in [0.717, 1.165) is 30.0 Å². The molecular formula is C20H28N2O4. The van der Waals surface area contributed by atoms with Crippen LogP contribution in [0.25, 0.3) is 0 Å². The van der Waals surface area contributed by atoms with E-state index in [-0.39, 0.29) is 30.6 Å². The van der Waals surface area contributed by atoms with Crippen LogP contribution in [-0.4, -0.2) is 56.6 Å². The van der Waals surface area contributed by atoms with Gasteiger partial charge in [-0.1, -0.05) is 0 Å². The van der Waals surface area contributed by atoms with Crippen molar-refractivity contribution < 1.29 is 19.4 Å². The summed E-state index contributed by atoms with van der Waals surface area (Å²) in [7, 11) is 4.03. The summed E-state index contributed by atoms with van der Waals surface area (Å²) in [5, 5.41) is 12.8. The zero-order valence-electron chi connectivity index (χ0n) is 15.5. The maximum Gasteiger partial charge on any atom is 0.222 e. The molecule has 1 amide bonds. The highest BCUT2D eigenvalue weighted by molar-refractivity contribution is 5.76. The second-order valence-corrected chi connectivity index (χ2v) is 7.97. The largest absolute Gasteiger partial charge is 0.487 e. The summed E-state index contributed by atoms with van der Waals surface area (Å²) < 4.78 is 12.1. The van der Waals surface area contributed by atoms with Crippen LogP contribution < -0.4 is 15.0 Å². The van der Waals surface area contributed by atoms with Crippen LogP contribution in [0.3, 0.4) is 0 Å². The Balaban J connectivity index is 1.47. The van der Waals surface area contributed by atoms with E-state index in [2.05, 4.69) is 16.3 Å². The minimum atomic E-state index is -0.398. The van der Waals surface area contributed by atoms with E-state index >= 15 is 0 Å². The number of amides is 1. The van der Waals surface area contributed by atoms with Crippen molar-refractivity contribution in [3.05, 3.63) is 23.8 Å². The predicted molar refractivity (Wildman–Crippen MR) is 98.6 cm³/mol. The van der Waals surface area contributed by atoms with E-state index < -0.39 is 6.10 Å². The summed E-state index contributed by atoms with van der Waals surface area (Å²) in [5.41, 5.74) is 2.28. The van der Waals surface area contributed by atoms with Gasteiger partial charge in [-0.15, -0.1) is 0 Å². The van der Waals surface area contributed by atoms with E-state index in [1.165, 1.54) is 12.8 Å². The second kappa shape index (κ2) is 7.08. The molecular weight excluding hydrogens is 332 g/mol. The Kier molecular flexibility index (Phi) is 4.80. The Hall–Kier alpha value is -1.79. The summed E-state index contributed by atoms with van der Waals surface area (Å²) in [6, 6.07) is 6.19. The molecule has 1 aliphatic carbocycles. The van der Waals surface area contributed by atoms with Crippen LogP contribution in [0.4, 0.5) is 5.69 Å². The van der Waals surface area contributed by atoms with Gasteiger partial charge in [0.15, 0.2) is 0 Å². The molecule has 0 spiro atoms. The summed E-state index contributed by atoms with van der Waals surface area (Å²) >= 11 is 0. The van der Waals surface area contributed by atoms with Gasteiger partial charge < -0.3 is 24.8 Å². The van der Waals surface area contributed by atoms with Crippen LogP contribution in [0.15, 0.2) is 18.2 Å². The minimum absolute atomic E-state index is 0.0400. The molecule has 0 aromatic heterocycles. The standard InChI is InChI=1S/C20H28N2O4/c1-22(2)13-5-6-17-15(7-13)16-8-14(25-18(11-23)20(16)26-17)9-19(24)21-10-12-3-4-12/h5-7,12,14,16,18,20,23H,3-4,8-11H2,1-2H3,(H,21,24)/t14-,16-,18+,20+/m1/s1. The Morgan fingerprint density at radius 2 is 2.15 bits per heavy atom. The van der Waals surface area contributed by atoms with Gasteiger partial charge in [0.05, 0.1) is 19.1 Å². The number of ether oxygens (including phenoxy) is 2. The van der Waals surface area contributed by atoms with E-state index in [0.29, 0.717) is 12.3 Å². The number of fused-ring (bicyclic) bond motifs is 3. The van der Waals surface area contributed by atoms with Gasteiger partial charge in [0.1, 0.15) is 18.0 Å². The highest BCUT2D eigenvalue weighted by Gasteiger charge is 2.46. The van der Waals surface area contributed by atoms with Crippen LogP contribution in [0.2, 0.25) is 0 Å². The molecule has 2 heterocycles. The molecule has 1 saturated carbocycles. The third-order valence-corrected chi connectivity index (χ3v) is 5.70. The van der Waals surface area contributed by atoms with Gasteiger partial charge >= 0.3 is 0 Å². The Bertz CT molecular complexity index is 674. The highest BCUT2D eigenvalue weighted by atomic mass is 16.6. The average molecular weight is 360 g/mol. The topological polar surface area (TPSA) is 71.0 Å². The van der Waals surface area contributed by atoms with Crippen molar-refractivity contribution in [2.45, 2.75) is 49.9 Å². The van der Waals surface area contributed by atoms with Gasteiger partial charge in [-0.3, -0.25) is 4.79 Å². The molecule has 0 unspecified atom stereocenters. The van der Waals surface area contributed by atoms with E-state index in [9.17, 15) is 9.90 Å². The van der Waals surface area contributed by atoms with Gasteiger partial charge in [-0.05, 0) is 43.4 Å². The molecule has 4 atom stereocenters. The molecule has 6 heteroatoms. The normalized spacial score (nSPS) is 29.5. The van der Waals surface area contributed by atoms with Crippen molar-refractivity contribution in [2.24, 2.45) is 5.92 Å². The molecule has 1 saturated heterocycles. The molecule has 1 aromatic rings. The number of carbonyl (C=O) groups excluding carboxylic acids is 1. The molecule has 1 aromatic carbocycles. The molecule has 2 N–H and O–H groups in total. The van der Waals surface area contributed by atoms with E-state index in [4.69, 9.17) is 9.47 Å². The number of carbonyl (C=O) groups is 1. The van der Waals surface area contributed by atoms with Crippen LogP contribution in [0.5, 0.6) is 5.75 Å². The molecule has 6 nitrogen and oxygen atoms in total.